The van der Waals surface area contributed by atoms with Crippen LogP contribution in [-0.4, -0.2) is 172 Å². The molecule has 0 amide bonds. The van der Waals surface area contributed by atoms with Crippen LogP contribution < -0.4 is 5.73 Å². The summed E-state index contributed by atoms with van der Waals surface area (Å²) in [5, 5.41) is 76.9. The molecule has 9 aliphatic rings. The summed E-state index contributed by atoms with van der Waals surface area (Å²) in [4.78, 5) is 0. The van der Waals surface area contributed by atoms with Crippen molar-refractivity contribution in [2.24, 2.45) is 52.1 Å². The summed E-state index contributed by atoms with van der Waals surface area (Å²) in [5.74, 6) is 2.64. The lowest BCUT2D eigenvalue weighted by Gasteiger charge is -2.58. The molecule has 5 saturated heterocycles. The van der Waals surface area contributed by atoms with Crippen LogP contribution in [0.25, 0.3) is 0 Å². The van der Waals surface area contributed by atoms with Crippen LogP contribution in [0.15, 0.2) is 11.6 Å². The molecule has 0 aromatic heterocycles. The van der Waals surface area contributed by atoms with E-state index in [1.165, 1.54) is 18.9 Å². The van der Waals surface area contributed by atoms with Gasteiger partial charge in [0.15, 0.2) is 24.7 Å². The number of aliphatic hydroxyl groups is 7. The van der Waals surface area contributed by atoms with Crippen LogP contribution in [0.3, 0.4) is 0 Å². The van der Waals surface area contributed by atoms with E-state index in [2.05, 4.69) is 33.8 Å². The first kappa shape index (κ1) is 48.1. The van der Waals surface area contributed by atoms with E-state index in [-0.39, 0.29) is 36.2 Å². The Balaban J connectivity index is 0.909. The van der Waals surface area contributed by atoms with Crippen molar-refractivity contribution in [3.05, 3.63) is 11.6 Å². The van der Waals surface area contributed by atoms with Crippen molar-refractivity contribution in [1.82, 2.24) is 0 Å². The molecule has 366 valence electrons. The summed E-state index contributed by atoms with van der Waals surface area (Å²) in [5.41, 5.74) is 7.12. The molecular weight excluding hydrogens is 835 g/mol. The number of fused-ring (bicyclic) bond motifs is 7. The molecule has 5 aliphatic heterocycles. The molecule has 3 saturated carbocycles. The first-order valence-corrected chi connectivity index (χ1v) is 24.4. The first-order valence-electron chi connectivity index (χ1n) is 24.4. The maximum Gasteiger partial charge on any atom is 0.187 e. The second-order valence-corrected chi connectivity index (χ2v) is 21.7. The molecule has 9 rings (SSSR count). The van der Waals surface area contributed by atoms with Gasteiger partial charge in [0.2, 0.25) is 0 Å². The van der Waals surface area contributed by atoms with E-state index in [1.807, 2.05) is 0 Å². The fourth-order valence-electron chi connectivity index (χ4n) is 14.4. The zero-order valence-electron chi connectivity index (χ0n) is 38.4. The van der Waals surface area contributed by atoms with Crippen molar-refractivity contribution in [2.45, 2.75) is 209 Å². The molecule has 4 aliphatic carbocycles. The molecule has 5 heterocycles. The minimum absolute atomic E-state index is 0.0163. The van der Waals surface area contributed by atoms with E-state index >= 15 is 0 Å². The monoisotopic (exact) mass is 912 g/mol. The normalized spacial score (nSPS) is 56.2. The number of hydrogen-bond donors (Lipinski definition) is 8. The lowest BCUT2D eigenvalue weighted by Crippen LogP contribution is -2.66. The van der Waals surface area contributed by atoms with E-state index in [9.17, 15) is 35.7 Å². The Morgan fingerprint density at radius 2 is 1.45 bits per heavy atom. The van der Waals surface area contributed by atoms with Gasteiger partial charge in [0.25, 0.3) is 0 Å². The Bertz CT molecular complexity index is 1650. The van der Waals surface area contributed by atoms with E-state index in [4.69, 9.17) is 48.4 Å². The van der Waals surface area contributed by atoms with Crippen LogP contribution in [-0.2, 0) is 42.6 Å². The average Bonchev–Trinajstić information content (AvgIpc) is 3.72. The Labute approximate surface area is 377 Å². The molecule has 0 aromatic rings. The largest absolute Gasteiger partial charge is 0.394 e. The molecular formula is C47H77NO16. The maximum atomic E-state index is 12.1. The fraction of sp³-hybridized carbons (Fsp3) is 0.957. The second-order valence-electron chi connectivity index (χ2n) is 21.7. The van der Waals surface area contributed by atoms with Crippen LogP contribution in [0, 0.1) is 46.3 Å². The predicted molar refractivity (Wildman–Crippen MR) is 226 cm³/mol. The van der Waals surface area contributed by atoms with Gasteiger partial charge in [-0.15, -0.1) is 0 Å². The molecule has 0 aromatic carbocycles. The lowest BCUT2D eigenvalue weighted by molar-refractivity contribution is -0.389. The summed E-state index contributed by atoms with van der Waals surface area (Å²) in [6, 6.07) is 0. The number of hydrogen-bond acceptors (Lipinski definition) is 17. The summed E-state index contributed by atoms with van der Waals surface area (Å²) < 4.78 is 56.4. The molecule has 9 N–H and O–H groups in total. The first-order chi connectivity index (χ1) is 30.4. The van der Waals surface area contributed by atoms with Crippen LogP contribution >= 0.6 is 0 Å². The molecule has 8 fully saturated rings. The highest BCUT2D eigenvalue weighted by Crippen LogP contribution is 2.70. The SMILES string of the molecule is C[C@H]1CC[C@@]2(OC1)O[C@H]1CC3[C@@H]4CC=C5C[C@@H](O[C@@H]6O[C@H](CO)[C@@H](O[C@H]7O[C@H](C)[C@@H](OCCN)[C@H](O)[C@@H]7O)[C@H](O)[C@H]6O[C@H]6O[C@H](C)[C@@H](O)[C@H](O)[C@@H]6O)CC[C@]5(C)[C@H]4CC[C@]3(C)[C@H]1[C@@H]2C. The number of rotatable bonds is 10. The third-order valence-electron chi connectivity index (χ3n) is 18.0. The average molecular weight is 912 g/mol. The van der Waals surface area contributed by atoms with Gasteiger partial charge in [-0.1, -0.05) is 39.3 Å². The van der Waals surface area contributed by atoms with Gasteiger partial charge < -0.3 is 84.1 Å². The predicted octanol–water partition coefficient (Wildman–Crippen LogP) is 1.22. The highest BCUT2D eigenvalue weighted by Gasteiger charge is 2.69. The minimum Gasteiger partial charge on any atom is -0.394 e. The van der Waals surface area contributed by atoms with Crippen molar-refractivity contribution in [3.63, 3.8) is 0 Å². The zero-order valence-corrected chi connectivity index (χ0v) is 38.4. The molecule has 0 radical (unpaired) electrons. The lowest BCUT2D eigenvalue weighted by atomic mass is 9.47. The number of allylic oxidation sites excluding steroid dienone is 1. The van der Waals surface area contributed by atoms with Gasteiger partial charge in [0, 0.05) is 18.9 Å². The van der Waals surface area contributed by atoms with Crippen molar-refractivity contribution >= 4 is 0 Å². The van der Waals surface area contributed by atoms with Crippen molar-refractivity contribution in [3.8, 4) is 0 Å². The van der Waals surface area contributed by atoms with Crippen molar-refractivity contribution in [2.75, 3.05) is 26.4 Å². The second kappa shape index (κ2) is 18.4. The van der Waals surface area contributed by atoms with Gasteiger partial charge in [0.1, 0.15) is 61.0 Å². The highest BCUT2D eigenvalue weighted by atomic mass is 16.8. The van der Waals surface area contributed by atoms with Crippen LogP contribution in [0.2, 0.25) is 0 Å². The summed E-state index contributed by atoms with van der Waals surface area (Å²) in [6.07, 6.45) is -9.24. The fourth-order valence-corrected chi connectivity index (χ4v) is 14.4. The van der Waals surface area contributed by atoms with Gasteiger partial charge in [-0.2, -0.15) is 0 Å². The zero-order chi connectivity index (χ0) is 45.6. The number of ether oxygens (including phenoxy) is 9. The highest BCUT2D eigenvalue weighted by molar-refractivity contribution is 5.26. The molecule has 17 nitrogen and oxygen atoms in total. The van der Waals surface area contributed by atoms with E-state index in [0.717, 1.165) is 45.1 Å². The van der Waals surface area contributed by atoms with Gasteiger partial charge in [-0.25, -0.2) is 0 Å². The number of nitrogens with two attached hydrogens (primary N) is 1. The van der Waals surface area contributed by atoms with Gasteiger partial charge in [-0.05, 0) is 106 Å². The van der Waals surface area contributed by atoms with Crippen LogP contribution in [0.4, 0.5) is 0 Å². The minimum atomic E-state index is -1.70. The molecule has 17 heteroatoms. The topological polar surface area (TPSA) is 251 Å². The molecule has 26 atom stereocenters. The Morgan fingerprint density at radius 1 is 0.734 bits per heavy atom. The Morgan fingerprint density at radius 3 is 2.16 bits per heavy atom. The summed E-state index contributed by atoms with van der Waals surface area (Å²) >= 11 is 0. The smallest absolute Gasteiger partial charge is 0.187 e. The molecule has 1 spiro atoms. The quantitative estimate of drug-likeness (QED) is 0.144. The standard InChI is InChI=1S/C47H77NO16/c1-21-9-14-47(57-20-21)22(2)32-30(64-47)18-29-27-8-7-25-17-26(10-12-45(25,5)28(27)11-13-46(29,32)6)60-44-41(63-42-36(53)34(51)33(50)23(3)58-42)38(55)40(31(19-49)61-44)62-43-37(54)35(52)39(24(4)59-43)56-16-15-48/h7,21-24,26-44,49-55H,8-20,48H2,1-6H3/t21-,22-,23+,24+,26-,27+,28-,29?,30-,31+,32-,33+,34-,35+,36-,37-,38-,39+,40+,41+,42+,43+,44+,45-,46-,47+/m0/s1. The van der Waals surface area contributed by atoms with Crippen LogP contribution in [0.5, 0.6) is 0 Å². The van der Waals surface area contributed by atoms with E-state index < -0.39 is 105 Å². The van der Waals surface area contributed by atoms with Gasteiger partial charge in [-0.3, -0.25) is 0 Å². The molecule has 0 bridgehead atoms. The number of aliphatic hydroxyl groups excluding tert-OH is 7. The third-order valence-corrected chi connectivity index (χ3v) is 18.0. The van der Waals surface area contributed by atoms with E-state index in [0.29, 0.717) is 48.3 Å². The van der Waals surface area contributed by atoms with E-state index in [1.54, 1.807) is 6.92 Å². The maximum absolute atomic E-state index is 12.1. The Kier molecular flexibility index (Phi) is 13.8. The van der Waals surface area contributed by atoms with Gasteiger partial charge in [0.05, 0.1) is 44.2 Å². The third kappa shape index (κ3) is 8.08. The van der Waals surface area contributed by atoms with Crippen molar-refractivity contribution in [1.29, 1.82) is 0 Å². The van der Waals surface area contributed by atoms with Gasteiger partial charge >= 0.3 is 0 Å². The summed E-state index contributed by atoms with van der Waals surface area (Å²) in [6.45, 7) is 13.3. The van der Waals surface area contributed by atoms with Crippen molar-refractivity contribution < 1.29 is 78.4 Å². The van der Waals surface area contributed by atoms with Crippen LogP contribution in [0.1, 0.15) is 99.3 Å². The Hall–Kier alpha value is -0.940. The summed E-state index contributed by atoms with van der Waals surface area (Å²) in [7, 11) is 0. The molecule has 1 unspecified atom stereocenters. The molecule has 64 heavy (non-hydrogen) atoms.